The Balaban J connectivity index is 2.13. The van der Waals surface area contributed by atoms with Gasteiger partial charge in [0, 0.05) is 22.8 Å². The fourth-order valence-corrected chi connectivity index (χ4v) is 2.06. The third kappa shape index (κ3) is 3.26. The molecule has 0 radical (unpaired) electrons. The van der Waals surface area contributed by atoms with Crippen LogP contribution in [0.5, 0.6) is 0 Å². The molecule has 1 aromatic carbocycles. The normalized spacial score (nSPS) is 10.4. The van der Waals surface area contributed by atoms with E-state index in [9.17, 15) is 4.39 Å². The first-order chi connectivity index (χ1) is 8.54. The van der Waals surface area contributed by atoms with Gasteiger partial charge in [-0.05, 0) is 37.6 Å². The largest absolute Gasteiger partial charge is 0.366 e. The van der Waals surface area contributed by atoms with Gasteiger partial charge in [-0.1, -0.05) is 15.9 Å². The van der Waals surface area contributed by atoms with E-state index in [0.29, 0.717) is 6.54 Å². The average molecular weight is 310 g/mol. The van der Waals surface area contributed by atoms with Gasteiger partial charge in [0.2, 0.25) is 0 Å². The van der Waals surface area contributed by atoms with Crippen LogP contribution < -0.4 is 5.32 Å². The minimum atomic E-state index is -0.245. The minimum Gasteiger partial charge on any atom is -0.366 e. The van der Waals surface area contributed by atoms with Crippen molar-refractivity contribution in [2.75, 3.05) is 5.32 Å². The summed E-state index contributed by atoms with van der Waals surface area (Å²) in [6.07, 6.45) is 0. The molecule has 1 N–H and O–H groups in total. The summed E-state index contributed by atoms with van der Waals surface area (Å²) in [5.74, 6) is 1.22. The fourth-order valence-electron chi connectivity index (χ4n) is 1.67. The van der Waals surface area contributed by atoms with E-state index in [4.69, 9.17) is 0 Å². The second kappa shape index (κ2) is 5.44. The van der Waals surface area contributed by atoms with Crippen LogP contribution >= 0.6 is 15.9 Å². The summed E-state index contributed by atoms with van der Waals surface area (Å²) in [5, 5.41) is 3.16. The van der Waals surface area contributed by atoms with Gasteiger partial charge in [-0.3, -0.25) is 0 Å². The molecule has 0 fully saturated rings. The summed E-state index contributed by atoms with van der Waals surface area (Å²) in [6, 6.07) is 6.48. The second-order valence-electron chi connectivity index (χ2n) is 4.03. The highest BCUT2D eigenvalue weighted by Gasteiger charge is 2.03. The van der Waals surface area contributed by atoms with Crippen molar-refractivity contribution in [2.24, 2.45) is 0 Å². The molecular weight excluding hydrogens is 297 g/mol. The molecule has 94 valence electrons. The molecule has 0 saturated heterocycles. The van der Waals surface area contributed by atoms with Crippen LogP contribution in [0.3, 0.4) is 0 Å². The SMILES string of the molecule is Cc1cc(NCc2cc(F)ccc2Br)nc(C)n1. The molecule has 2 rings (SSSR count). The molecule has 3 nitrogen and oxygen atoms in total. The third-order valence-electron chi connectivity index (χ3n) is 2.43. The van der Waals surface area contributed by atoms with Crippen molar-refractivity contribution in [2.45, 2.75) is 20.4 Å². The Morgan fingerprint density at radius 3 is 2.72 bits per heavy atom. The van der Waals surface area contributed by atoms with Gasteiger partial charge in [0.25, 0.3) is 0 Å². The van der Waals surface area contributed by atoms with Gasteiger partial charge < -0.3 is 5.32 Å². The Morgan fingerprint density at radius 2 is 2.00 bits per heavy atom. The van der Waals surface area contributed by atoms with E-state index in [2.05, 4.69) is 31.2 Å². The Morgan fingerprint density at radius 1 is 1.22 bits per heavy atom. The highest BCUT2D eigenvalue weighted by molar-refractivity contribution is 9.10. The van der Waals surface area contributed by atoms with E-state index in [0.717, 1.165) is 27.4 Å². The molecule has 1 aromatic heterocycles. The topological polar surface area (TPSA) is 37.8 Å². The second-order valence-corrected chi connectivity index (χ2v) is 4.89. The maximum atomic E-state index is 13.1. The van der Waals surface area contributed by atoms with Crippen LogP contribution in [0.15, 0.2) is 28.7 Å². The van der Waals surface area contributed by atoms with E-state index in [1.807, 2.05) is 19.9 Å². The molecule has 0 saturated carbocycles. The lowest BCUT2D eigenvalue weighted by Crippen LogP contribution is -2.04. The zero-order chi connectivity index (χ0) is 13.1. The average Bonchev–Trinajstić information content (AvgIpc) is 2.29. The number of aromatic nitrogens is 2. The number of anilines is 1. The number of nitrogens with zero attached hydrogens (tertiary/aromatic N) is 2. The fraction of sp³-hybridized carbons (Fsp3) is 0.231. The van der Waals surface area contributed by atoms with Crippen LogP contribution in [0.25, 0.3) is 0 Å². The van der Waals surface area contributed by atoms with E-state index < -0.39 is 0 Å². The zero-order valence-electron chi connectivity index (χ0n) is 10.2. The van der Waals surface area contributed by atoms with Gasteiger partial charge in [0.1, 0.15) is 17.5 Å². The maximum absolute atomic E-state index is 13.1. The lowest BCUT2D eigenvalue weighted by molar-refractivity contribution is 0.625. The van der Waals surface area contributed by atoms with Crippen molar-refractivity contribution < 1.29 is 4.39 Å². The number of halogens is 2. The summed E-state index contributed by atoms with van der Waals surface area (Å²) >= 11 is 3.39. The monoisotopic (exact) mass is 309 g/mol. The van der Waals surface area contributed by atoms with Crippen LogP contribution in [0, 0.1) is 19.7 Å². The predicted molar refractivity (Wildman–Crippen MR) is 72.9 cm³/mol. The molecule has 0 aliphatic carbocycles. The molecule has 0 unspecified atom stereocenters. The lowest BCUT2D eigenvalue weighted by atomic mass is 10.2. The summed E-state index contributed by atoms with van der Waals surface area (Å²) < 4.78 is 14.0. The summed E-state index contributed by atoms with van der Waals surface area (Å²) in [4.78, 5) is 8.47. The van der Waals surface area contributed by atoms with Crippen LogP contribution in [-0.2, 0) is 6.54 Å². The quantitative estimate of drug-likeness (QED) is 0.941. The number of hydrogen-bond donors (Lipinski definition) is 1. The molecule has 0 bridgehead atoms. The Hall–Kier alpha value is -1.49. The molecule has 1 heterocycles. The van der Waals surface area contributed by atoms with Gasteiger partial charge in [-0.2, -0.15) is 0 Å². The van der Waals surface area contributed by atoms with E-state index >= 15 is 0 Å². The summed E-state index contributed by atoms with van der Waals surface area (Å²) in [7, 11) is 0. The molecular formula is C13H13BrFN3. The highest BCUT2D eigenvalue weighted by atomic mass is 79.9. The van der Waals surface area contributed by atoms with Crippen molar-refractivity contribution in [3.05, 3.63) is 51.6 Å². The molecule has 18 heavy (non-hydrogen) atoms. The number of aryl methyl sites for hydroxylation is 2. The van der Waals surface area contributed by atoms with Gasteiger partial charge in [0.15, 0.2) is 0 Å². The smallest absolute Gasteiger partial charge is 0.130 e. The molecule has 5 heteroatoms. The zero-order valence-corrected chi connectivity index (χ0v) is 11.8. The highest BCUT2D eigenvalue weighted by Crippen LogP contribution is 2.19. The van der Waals surface area contributed by atoms with Crippen molar-refractivity contribution in [1.29, 1.82) is 0 Å². The first-order valence-corrected chi connectivity index (χ1v) is 6.34. The van der Waals surface area contributed by atoms with Gasteiger partial charge >= 0.3 is 0 Å². The predicted octanol–water partition coefficient (Wildman–Crippen LogP) is 3.61. The molecule has 0 atom stereocenters. The van der Waals surface area contributed by atoms with Gasteiger partial charge in [-0.25, -0.2) is 14.4 Å². The molecule has 0 aliphatic heterocycles. The molecule has 0 aliphatic rings. The number of rotatable bonds is 3. The minimum absolute atomic E-state index is 0.245. The first-order valence-electron chi connectivity index (χ1n) is 5.54. The molecule has 0 amide bonds. The van der Waals surface area contributed by atoms with Crippen LogP contribution in [0.1, 0.15) is 17.1 Å². The van der Waals surface area contributed by atoms with Crippen molar-refractivity contribution in [3.63, 3.8) is 0 Å². The Kier molecular flexibility index (Phi) is 3.91. The third-order valence-corrected chi connectivity index (χ3v) is 3.21. The molecule has 0 spiro atoms. The van der Waals surface area contributed by atoms with Crippen LogP contribution in [0.4, 0.5) is 10.2 Å². The number of benzene rings is 1. The first kappa shape index (κ1) is 13.0. The molecule has 2 aromatic rings. The number of hydrogen-bond acceptors (Lipinski definition) is 3. The van der Waals surface area contributed by atoms with Crippen LogP contribution in [0.2, 0.25) is 0 Å². The van der Waals surface area contributed by atoms with E-state index in [1.165, 1.54) is 12.1 Å². The van der Waals surface area contributed by atoms with Gasteiger partial charge in [0.05, 0.1) is 0 Å². The van der Waals surface area contributed by atoms with Gasteiger partial charge in [-0.15, -0.1) is 0 Å². The van der Waals surface area contributed by atoms with Crippen LogP contribution in [-0.4, -0.2) is 9.97 Å². The van der Waals surface area contributed by atoms with E-state index in [-0.39, 0.29) is 5.82 Å². The Labute approximate surface area is 114 Å². The maximum Gasteiger partial charge on any atom is 0.130 e. The summed E-state index contributed by atoms with van der Waals surface area (Å²) in [6.45, 7) is 4.27. The number of nitrogens with one attached hydrogen (secondary N) is 1. The van der Waals surface area contributed by atoms with Crippen molar-refractivity contribution in [3.8, 4) is 0 Å². The van der Waals surface area contributed by atoms with Crippen molar-refractivity contribution in [1.82, 2.24) is 9.97 Å². The summed E-state index contributed by atoms with van der Waals surface area (Å²) in [5.41, 5.74) is 1.76. The standard InChI is InChI=1S/C13H13BrFN3/c1-8-5-13(18-9(2)17-8)16-7-10-6-11(15)3-4-12(10)14/h3-6H,7H2,1-2H3,(H,16,17,18). The van der Waals surface area contributed by atoms with E-state index in [1.54, 1.807) is 6.07 Å². The van der Waals surface area contributed by atoms with Crippen molar-refractivity contribution >= 4 is 21.7 Å². The Bertz CT molecular complexity index is 552. The lowest BCUT2D eigenvalue weighted by Gasteiger charge is -2.08.